The third-order valence-corrected chi connectivity index (χ3v) is 9.56. The summed E-state index contributed by atoms with van der Waals surface area (Å²) in [6.07, 6.45) is 5.70. The van der Waals surface area contributed by atoms with Gasteiger partial charge in [-0.1, -0.05) is 51.4 Å². The maximum absolute atomic E-state index is 14.7. The maximum atomic E-state index is 14.7. The lowest BCUT2D eigenvalue weighted by atomic mass is 9.64. The molecule has 0 saturated carbocycles. The topological polar surface area (TPSA) is 90.4 Å². The van der Waals surface area contributed by atoms with E-state index in [0.29, 0.717) is 43.1 Å². The van der Waals surface area contributed by atoms with Crippen LogP contribution in [-0.4, -0.2) is 82.2 Å². The zero-order chi connectivity index (χ0) is 30.1. The Labute approximate surface area is 248 Å². The van der Waals surface area contributed by atoms with Crippen molar-refractivity contribution >= 4 is 35.0 Å². The van der Waals surface area contributed by atoms with E-state index in [1.54, 1.807) is 51.1 Å². The van der Waals surface area contributed by atoms with Gasteiger partial charge in [0.1, 0.15) is 11.6 Å². The van der Waals surface area contributed by atoms with Crippen LogP contribution in [0.2, 0.25) is 5.02 Å². The fourth-order valence-corrected chi connectivity index (χ4v) is 7.55. The Morgan fingerprint density at radius 1 is 1.15 bits per heavy atom. The summed E-state index contributed by atoms with van der Waals surface area (Å²) in [5, 5.41) is 11.1. The average Bonchev–Trinajstić information content (AvgIpc) is 3.56. The summed E-state index contributed by atoms with van der Waals surface area (Å²) in [6.45, 7) is 16.3. The number of rotatable bonds is 13. The molecule has 0 aliphatic carbocycles. The SMILES string of the molecule is C=CCN(CCC)C(=O)[C@@H]1[C@H]2C(=O)N([C@@H](CO)C(C)C)C(C(=O)N(CC=C)c3ccc(Cl)cc3)C23CC[C@@]1(CC)O3. The van der Waals surface area contributed by atoms with E-state index in [1.165, 1.54) is 0 Å². The number of ether oxygens (including phenoxy) is 1. The molecule has 8 nitrogen and oxygen atoms in total. The van der Waals surface area contributed by atoms with Crippen LogP contribution in [0.1, 0.15) is 53.4 Å². The highest BCUT2D eigenvalue weighted by Gasteiger charge is 2.79. The number of carbonyl (C=O) groups is 3. The normalized spacial score (nSPS) is 29.0. The number of aliphatic hydroxyl groups is 1. The van der Waals surface area contributed by atoms with E-state index < -0.39 is 35.1 Å². The van der Waals surface area contributed by atoms with Crippen LogP contribution in [0.5, 0.6) is 0 Å². The molecule has 3 saturated heterocycles. The summed E-state index contributed by atoms with van der Waals surface area (Å²) in [5.41, 5.74) is -1.42. The quantitative estimate of drug-likeness (QED) is 0.345. The van der Waals surface area contributed by atoms with Gasteiger partial charge in [0.15, 0.2) is 0 Å². The molecule has 2 bridgehead atoms. The molecule has 4 rings (SSSR count). The zero-order valence-corrected chi connectivity index (χ0v) is 25.5. The first-order valence-electron chi connectivity index (χ1n) is 14.8. The van der Waals surface area contributed by atoms with Gasteiger partial charge < -0.3 is 24.5 Å². The van der Waals surface area contributed by atoms with Gasteiger partial charge in [0.05, 0.1) is 30.1 Å². The van der Waals surface area contributed by atoms with Gasteiger partial charge in [-0.3, -0.25) is 14.4 Å². The molecule has 3 heterocycles. The third kappa shape index (κ3) is 5.02. The van der Waals surface area contributed by atoms with Crippen LogP contribution in [0.4, 0.5) is 5.69 Å². The Morgan fingerprint density at radius 2 is 1.80 bits per heavy atom. The molecular formula is C32H44ClN3O5. The van der Waals surface area contributed by atoms with Gasteiger partial charge in [0.2, 0.25) is 11.8 Å². The Morgan fingerprint density at radius 3 is 2.34 bits per heavy atom. The highest BCUT2D eigenvalue weighted by molar-refractivity contribution is 6.30. The highest BCUT2D eigenvalue weighted by atomic mass is 35.5. The number of halogens is 1. The summed E-state index contributed by atoms with van der Waals surface area (Å²) < 4.78 is 6.94. The van der Waals surface area contributed by atoms with Crippen LogP contribution in [0, 0.1) is 17.8 Å². The van der Waals surface area contributed by atoms with E-state index in [2.05, 4.69) is 13.2 Å². The van der Waals surface area contributed by atoms with Crippen molar-refractivity contribution in [2.45, 2.75) is 76.7 Å². The largest absolute Gasteiger partial charge is 0.394 e. The van der Waals surface area contributed by atoms with Crippen molar-refractivity contribution in [3.8, 4) is 0 Å². The van der Waals surface area contributed by atoms with Crippen molar-refractivity contribution in [1.29, 1.82) is 0 Å². The minimum atomic E-state index is -1.19. The summed E-state index contributed by atoms with van der Waals surface area (Å²) in [5.74, 6) is -2.44. The van der Waals surface area contributed by atoms with Crippen LogP contribution < -0.4 is 4.90 Å². The Balaban J connectivity index is 1.88. The Bertz CT molecular complexity index is 1170. The van der Waals surface area contributed by atoms with Gasteiger partial charge in [-0.05, 0) is 55.9 Å². The molecule has 41 heavy (non-hydrogen) atoms. The van der Waals surface area contributed by atoms with Crippen molar-refractivity contribution in [2.75, 3.05) is 31.1 Å². The second-order valence-electron chi connectivity index (χ2n) is 11.9. The predicted molar refractivity (Wildman–Crippen MR) is 160 cm³/mol. The first-order chi connectivity index (χ1) is 19.6. The first kappa shape index (κ1) is 31.3. The number of benzene rings is 1. The summed E-state index contributed by atoms with van der Waals surface area (Å²) in [7, 11) is 0. The molecule has 3 aliphatic heterocycles. The molecular weight excluding hydrogens is 542 g/mol. The van der Waals surface area contributed by atoms with Crippen molar-refractivity contribution < 1.29 is 24.2 Å². The number of aliphatic hydroxyl groups excluding tert-OH is 1. The molecule has 3 aliphatic rings. The first-order valence-corrected chi connectivity index (χ1v) is 15.2. The number of fused-ring (bicyclic) bond motifs is 1. The lowest BCUT2D eigenvalue weighted by molar-refractivity contribution is -0.154. The predicted octanol–water partition coefficient (Wildman–Crippen LogP) is 4.46. The molecule has 3 fully saturated rings. The fourth-order valence-electron chi connectivity index (χ4n) is 7.42. The standard InChI is InChI=1S/C32H44ClN3O5/c1-7-17-34(18-8-2)28(38)25-26-29(39)36(24(20-37)21(5)6)27(32(26)16-15-31(25,10-4)41-32)30(40)35(19-9-3)23-13-11-22(33)12-14-23/h7,9,11-14,21,24-27,37H,1,3,8,10,15-20H2,2,4-6H3/t24-,25-,26-,27?,31+,32?/m0/s1. The second kappa shape index (κ2) is 12.3. The molecule has 6 atom stereocenters. The number of anilines is 1. The molecule has 9 heteroatoms. The van der Waals surface area contributed by atoms with E-state index in [1.807, 2.05) is 27.7 Å². The lowest BCUT2D eigenvalue weighted by Gasteiger charge is -2.40. The molecule has 2 unspecified atom stereocenters. The number of carbonyl (C=O) groups excluding carboxylic acids is 3. The molecule has 3 amide bonds. The van der Waals surface area contributed by atoms with Crippen molar-refractivity contribution in [2.24, 2.45) is 17.8 Å². The van der Waals surface area contributed by atoms with Gasteiger partial charge in [-0.2, -0.15) is 0 Å². The van der Waals surface area contributed by atoms with Gasteiger partial charge in [-0.15, -0.1) is 13.2 Å². The number of likely N-dealkylation sites (tertiary alicyclic amines) is 1. The lowest BCUT2D eigenvalue weighted by Crippen LogP contribution is -2.60. The summed E-state index contributed by atoms with van der Waals surface area (Å²) in [6, 6.07) is 5.31. The Kier molecular flexibility index (Phi) is 9.36. The van der Waals surface area contributed by atoms with Crippen LogP contribution in [0.15, 0.2) is 49.6 Å². The minimum Gasteiger partial charge on any atom is -0.394 e. The van der Waals surface area contributed by atoms with Crippen LogP contribution in [-0.2, 0) is 19.1 Å². The van der Waals surface area contributed by atoms with E-state index in [9.17, 15) is 19.5 Å². The summed E-state index contributed by atoms with van der Waals surface area (Å²) in [4.78, 5) is 48.5. The number of amides is 3. The van der Waals surface area contributed by atoms with Gasteiger partial charge in [-0.25, -0.2) is 0 Å². The molecule has 0 aromatic heterocycles. The van der Waals surface area contributed by atoms with Gasteiger partial charge >= 0.3 is 0 Å². The van der Waals surface area contributed by atoms with E-state index in [0.717, 1.165) is 6.42 Å². The van der Waals surface area contributed by atoms with Crippen LogP contribution >= 0.6 is 11.6 Å². The monoisotopic (exact) mass is 585 g/mol. The van der Waals surface area contributed by atoms with E-state index in [4.69, 9.17) is 16.3 Å². The minimum absolute atomic E-state index is 0.132. The third-order valence-electron chi connectivity index (χ3n) is 9.30. The summed E-state index contributed by atoms with van der Waals surface area (Å²) >= 11 is 6.14. The molecule has 1 aromatic rings. The molecule has 1 spiro atoms. The Hall–Kier alpha value is -2.68. The molecule has 1 aromatic carbocycles. The van der Waals surface area contributed by atoms with Gasteiger partial charge in [0, 0.05) is 30.3 Å². The molecule has 1 N–H and O–H groups in total. The number of hydrogen-bond acceptors (Lipinski definition) is 5. The van der Waals surface area contributed by atoms with Crippen molar-refractivity contribution in [1.82, 2.24) is 9.80 Å². The van der Waals surface area contributed by atoms with Crippen LogP contribution in [0.25, 0.3) is 0 Å². The van der Waals surface area contributed by atoms with Gasteiger partial charge in [0.25, 0.3) is 5.91 Å². The average molecular weight is 586 g/mol. The van der Waals surface area contributed by atoms with E-state index in [-0.39, 0.29) is 36.8 Å². The molecule has 0 radical (unpaired) electrons. The number of nitrogens with zero attached hydrogens (tertiary/aromatic N) is 3. The van der Waals surface area contributed by atoms with Crippen molar-refractivity contribution in [3.05, 3.63) is 54.6 Å². The highest BCUT2D eigenvalue weighted by Crippen LogP contribution is 2.65. The van der Waals surface area contributed by atoms with Crippen LogP contribution in [0.3, 0.4) is 0 Å². The zero-order valence-electron chi connectivity index (χ0n) is 24.7. The second-order valence-corrected chi connectivity index (χ2v) is 12.3. The van der Waals surface area contributed by atoms with Crippen molar-refractivity contribution in [3.63, 3.8) is 0 Å². The van der Waals surface area contributed by atoms with E-state index >= 15 is 0 Å². The fraction of sp³-hybridized carbons (Fsp3) is 0.594. The molecule has 224 valence electrons. The maximum Gasteiger partial charge on any atom is 0.253 e. The number of hydrogen-bond donors (Lipinski definition) is 1. The smallest absolute Gasteiger partial charge is 0.253 e.